The van der Waals surface area contributed by atoms with Crippen molar-refractivity contribution in [2.45, 2.75) is 31.8 Å². The van der Waals surface area contributed by atoms with E-state index < -0.39 is 0 Å². The molecule has 0 spiro atoms. The van der Waals surface area contributed by atoms with Crippen LogP contribution in [-0.2, 0) is 0 Å². The summed E-state index contributed by atoms with van der Waals surface area (Å²) in [5.41, 5.74) is 0. The van der Waals surface area contributed by atoms with E-state index in [2.05, 4.69) is 36.0 Å². The number of hydrogen-bond donors (Lipinski definition) is 2. The number of thioether (sulfide) groups is 1. The van der Waals surface area contributed by atoms with Crippen molar-refractivity contribution < 1.29 is 5.11 Å². The summed E-state index contributed by atoms with van der Waals surface area (Å²) in [6.07, 6.45) is 4.20. The third-order valence-electron chi connectivity index (χ3n) is 2.62. The Hall–Kier alpha value is -0.0300. The Labute approximate surface area is 106 Å². The van der Waals surface area contributed by atoms with Gasteiger partial charge < -0.3 is 10.4 Å². The number of nitrogens with one attached hydrogen (secondary N) is 1. The molecule has 1 rings (SSSR count). The lowest BCUT2D eigenvalue weighted by molar-refractivity contribution is 0.228. The van der Waals surface area contributed by atoms with E-state index in [4.69, 9.17) is 0 Å². The highest BCUT2D eigenvalue weighted by Crippen LogP contribution is 2.22. The zero-order valence-corrected chi connectivity index (χ0v) is 11.6. The summed E-state index contributed by atoms with van der Waals surface area (Å²) in [4.78, 5) is 1.37. The van der Waals surface area contributed by atoms with Crippen molar-refractivity contribution in [3.8, 4) is 0 Å². The minimum Gasteiger partial charge on any atom is -0.395 e. The molecular formula is C12H21NOS2. The SMILES string of the molecule is CCC(NC(CO)CCSC)c1cccs1. The standard InChI is InChI=1S/C12H21NOS2/c1-3-11(12-5-4-7-16-12)13-10(9-14)6-8-15-2/h4-5,7,10-11,13-14H,3,6,8-9H2,1-2H3. The molecule has 0 aliphatic heterocycles. The third-order valence-corrected chi connectivity index (χ3v) is 4.25. The summed E-state index contributed by atoms with van der Waals surface area (Å²) in [6.45, 7) is 2.41. The molecule has 92 valence electrons. The summed E-state index contributed by atoms with van der Waals surface area (Å²) in [7, 11) is 0. The minimum atomic E-state index is 0.222. The topological polar surface area (TPSA) is 32.3 Å². The summed E-state index contributed by atoms with van der Waals surface area (Å²) >= 11 is 3.61. The van der Waals surface area contributed by atoms with E-state index in [1.165, 1.54) is 4.88 Å². The summed E-state index contributed by atoms with van der Waals surface area (Å²) in [5, 5.41) is 15.0. The molecule has 2 nitrogen and oxygen atoms in total. The zero-order chi connectivity index (χ0) is 11.8. The number of thiophene rings is 1. The Morgan fingerprint density at radius 2 is 2.38 bits per heavy atom. The van der Waals surface area contributed by atoms with Crippen molar-refractivity contribution >= 4 is 23.1 Å². The fourth-order valence-electron chi connectivity index (χ4n) is 1.66. The van der Waals surface area contributed by atoms with Crippen LogP contribution < -0.4 is 5.32 Å². The average Bonchev–Trinajstić information content (AvgIpc) is 2.83. The quantitative estimate of drug-likeness (QED) is 0.753. The first kappa shape index (κ1) is 14.0. The maximum atomic E-state index is 9.33. The number of aliphatic hydroxyl groups is 1. The molecule has 4 heteroatoms. The van der Waals surface area contributed by atoms with Gasteiger partial charge in [-0.25, -0.2) is 0 Å². The molecule has 0 aliphatic carbocycles. The average molecular weight is 259 g/mol. The lowest BCUT2D eigenvalue weighted by Gasteiger charge is -2.22. The second kappa shape index (κ2) is 8.12. The smallest absolute Gasteiger partial charge is 0.0585 e. The van der Waals surface area contributed by atoms with Gasteiger partial charge in [0.05, 0.1) is 6.61 Å². The molecule has 0 radical (unpaired) electrons. The van der Waals surface area contributed by atoms with Crippen LogP contribution in [0.25, 0.3) is 0 Å². The van der Waals surface area contributed by atoms with Gasteiger partial charge in [0.2, 0.25) is 0 Å². The van der Waals surface area contributed by atoms with Gasteiger partial charge in [-0.3, -0.25) is 0 Å². The minimum absolute atomic E-state index is 0.222. The second-order valence-corrected chi connectivity index (χ2v) is 5.77. The fourth-order valence-corrected chi connectivity index (χ4v) is 3.05. The Kier molecular flexibility index (Phi) is 7.12. The molecule has 1 heterocycles. The van der Waals surface area contributed by atoms with E-state index in [0.29, 0.717) is 6.04 Å². The monoisotopic (exact) mass is 259 g/mol. The number of aliphatic hydroxyl groups excluding tert-OH is 1. The summed E-state index contributed by atoms with van der Waals surface area (Å²) in [5.74, 6) is 1.10. The first-order valence-corrected chi connectivity index (χ1v) is 7.98. The van der Waals surface area contributed by atoms with Gasteiger partial charge in [-0.05, 0) is 36.3 Å². The molecule has 2 N–H and O–H groups in total. The molecule has 0 aromatic carbocycles. The first-order valence-electron chi connectivity index (χ1n) is 5.71. The van der Waals surface area contributed by atoms with Crippen molar-refractivity contribution in [1.29, 1.82) is 0 Å². The third kappa shape index (κ3) is 4.45. The van der Waals surface area contributed by atoms with Gasteiger partial charge in [0, 0.05) is 17.0 Å². The second-order valence-electron chi connectivity index (χ2n) is 3.80. The lowest BCUT2D eigenvalue weighted by Crippen LogP contribution is -2.35. The number of hydrogen-bond acceptors (Lipinski definition) is 4. The van der Waals surface area contributed by atoms with Crippen molar-refractivity contribution in [3.63, 3.8) is 0 Å². The molecule has 0 saturated carbocycles. The van der Waals surface area contributed by atoms with Crippen LogP contribution in [0.5, 0.6) is 0 Å². The highest BCUT2D eigenvalue weighted by atomic mass is 32.2. The van der Waals surface area contributed by atoms with Crippen molar-refractivity contribution in [2.75, 3.05) is 18.6 Å². The first-order chi connectivity index (χ1) is 7.81. The van der Waals surface area contributed by atoms with E-state index in [-0.39, 0.29) is 12.6 Å². The zero-order valence-electron chi connectivity index (χ0n) is 9.98. The van der Waals surface area contributed by atoms with Crippen LogP contribution in [0.15, 0.2) is 17.5 Å². The van der Waals surface area contributed by atoms with Gasteiger partial charge in [-0.2, -0.15) is 11.8 Å². The van der Waals surface area contributed by atoms with Crippen LogP contribution in [0.2, 0.25) is 0 Å². The lowest BCUT2D eigenvalue weighted by atomic mass is 10.1. The fraction of sp³-hybridized carbons (Fsp3) is 0.667. The van der Waals surface area contributed by atoms with E-state index in [0.717, 1.165) is 18.6 Å². The van der Waals surface area contributed by atoms with Crippen molar-refractivity contribution in [2.24, 2.45) is 0 Å². The van der Waals surface area contributed by atoms with Crippen LogP contribution in [0.4, 0.5) is 0 Å². The Morgan fingerprint density at radius 3 is 2.88 bits per heavy atom. The largest absolute Gasteiger partial charge is 0.395 e. The highest BCUT2D eigenvalue weighted by Gasteiger charge is 2.15. The normalized spacial score (nSPS) is 14.9. The van der Waals surface area contributed by atoms with Crippen LogP contribution in [0.3, 0.4) is 0 Å². The van der Waals surface area contributed by atoms with Gasteiger partial charge >= 0.3 is 0 Å². The molecule has 0 aliphatic rings. The van der Waals surface area contributed by atoms with Crippen LogP contribution >= 0.6 is 23.1 Å². The van der Waals surface area contributed by atoms with Gasteiger partial charge in [0.1, 0.15) is 0 Å². The van der Waals surface area contributed by atoms with Crippen LogP contribution in [0, 0.1) is 0 Å². The molecule has 16 heavy (non-hydrogen) atoms. The molecule has 0 fully saturated rings. The van der Waals surface area contributed by atoms with Crippen LogP contribution in [-0.4, -0.2) is 29.8 Å². The molecule has 2 unspecified atom stereocenters. The van der Waals surface area contributed by atoms with Crippen LogP contribution in [0.1, 0.15) is 30.7 Å². The van der Waals surface area contributed by atoms with Gasteiger partial charge in [-0.15, -0.1) is 11.3 Å². The summed E-state index contributed by atoms with van der Waals surface area (Å²) in [6, 6.07) is 4.85. The summed E-state index contributed by atoms with van der Waals surface area (Å²) < 4.78 is 0. The van der Waals surface area contributed by atoms with Crippen molar-refractivity contribution in [3.05, 3.63) is 22.4 Å². The van der Waals surface area contributed by atoms with Gasteiger partial charge in [0.25, 0.3) is 0 Å². The Bertz CT molecular complexity index is 264. The molecule has 2 atom stereocenters. The Morgan fingerprint density at radius 1 is 1.56 bits per heavy atom. The molecule has 0 bridgehead atoms. The van der Waals surface area contributed by atoms with E-state index in [9.17, 15) is 5.11 Å². The molecule has 1 aromatic rings. The maximum absolute atomic E-state index is 9.33. The van der Waals surface area contributed by atoms with Gasteiger partial charge in [-0.1, -0.05) is 13.0 Å². The van der Waals surface area contributed by atoms with Gasteiger partial charge in [0.15, 0.2) is 0 Å². The van der Waals surface area contributed by atoms with E-state index in [1.807, 2.05) is 11.8 Å². The predicted octanol–water partition coefficient (Wildman–Crippen LogP) is 2.90. The molecule has 0 saturated heterocycles. The van der Waals surface area contributed by atoms with E-state index >= 15 is 0 Å². The molecule has 1 aromatic heterocycles. The number of rotatable bonds is 8. The Balaban J connectivity index is 2.47. The molecular weight excluding hydrogens is 238 g/mol. The van der Waals surface area contributed by atoms with E-state index in [1.54, 1.807) is 11.3 Å². The molecule has 0 amide bonds. The van der Waals surface area contributed by atoms with Crippen molar-refractivity contribution in [1.82, 2.24) is 5.32 Å². The maximum Gasteiger partial charge on any atom is 0.0585 e. The highest BCUT2D eigenvalue weighted by molar-refractivity contribution is 7.98. The predicted molar refractivity (Wildman–Crippen MR) is 74.4 cm³/mol.